The highest BCUT2D eigenvalue weighted by molar-refractivity contribution is 8.00. The Balaban J connectivity index is 1.34. The molecule has 0 atom stereocenters. The third-order valence-electron chi connectivity index (χ3n) is 4.93. The van der Waals surface area contributed by atoms with Gasteiger partial charge in [0.15, 0.2) is 4.34 Å². The third kappa shape index (κ3) is 8.49. The van der Waals surface area contributed by atoms with E-state index in [0.717, 1.165) is 10.1 Å². The number of piperazine rings is 1. The Labute approximate surface area is 196 Å². The maximum Gasteiger partial charge on any atom is 0.226 e. The molecule has 0 radical (unpaired) electrons. The lowest BCUT2D eigenvalue weighted by Crippen LogP contribution is -2.49. The number of nitrogens with one attached hydrogen (secondary N) is 1. The largest absolute Gasteiger partial charge is 0.340 e. The molecule has 0 saturated carbocycles. The summed E-state index contributed by atoms with van der Waals surface area (Å²) < 4.78 is 23.3. The predicted molar refractivity (Wildman–Crippen MR) is 127 cm³/mol. The Hall–Kier alpha value is -2.02. The van der Waals surface area contributed by atoms with Crippen LogP contribution >= 0.6 is 23.1 Å². The molecule has 32 heavy (non-hydrogen) atoms. The minimum Gasteiger partial charge on any atom is -0.340 e. The van der Waals surface area contributed by atoms with Crippen molar-refractivity contribution in [3.05, 3.63) is 35.9 Å². The summed E-state index contributed by atoms with van der Waals surface area (Å²) in [6, 6.07) is 10.0. The van der Waals surface area contributed by atoms with E-state index in [1.54, 1.807) is 16.7 Å². The zero-order valence-corrected chi connectivity index (χ0v) is 20.3. The molecular weight excluding hydrogens is 470 g/mol. The maximum absolute atomic E-state index is 12.4. The van der Waals surface area contributed by atoms with Crippen LogP contribution in [0, 0.1) is 0 Å². The van der Waals surface area contributed by atoms with Crippen LogP contribution in [0.25, 0.3) is 0 Å². The average Bonchev–Trinajstić information content (AvgIpc) is 3.22. The first-order valence-corrected chi connectivity index (χ1v) is 14.1. The summed E-state index contributed by atoms with van der Waals surface area (Å²) in [4.78, 5) is 28.4. The average molecular weight is 498 g/mol. The van der Waals surface area contributed by atoms with E-state index >= 15 is 0 Å². The van der Waals surface area contributed by atoms with Gasteiger partial charge in [-0.1, -0.05) is 53.4 Å². The number of sulfone groups is 1. The van der Waals surface area contributed by atoms with E-state index in [-0.39, 0.29) is 30.4 Å². The van der Waals surface area contributed by atoms with Gasteiger partial charge in [-0.3, -0.25) is 14.5 Å². The van der Waals surface area contributed by atoms with Crippen molar-refractivity contribution in [1.29, 1.82) is 0 Å². The van der Waals surface area contributed by atoms with Crippen LogP contribution in [0.4, 0.5) is 5.13 Å². The summed E-state index contributed by atoms with van der Waals surface area (Å²) in [5, 5.41) is 11.2. The van der Waals surface area contributed by atoms with Crippen LogP contribution in [0.1, 0.15) is 18.4 Å². The molecule has 1 aliphatic rings. The molecule has 1 N–H and O–H groups in total. The highest BCUT2D eigenvalue weighted by Crippen LogP contribution is 2.28. The highest BCUT2D eigenvalue weighted by Gasteiger charge is 2.22. The number of hydrogen-bond donors (Lipinski definition) is 1. The van der Waals surface area contributed by atoms with Crippen LogP contribution in [0.2, 0.25) is 0 Å². The number of nitrogens with zero attached hydrogens (tertiary/aromatic N) is 4. The van der Waals surface area contributed by atoms with E-state index in [0.29, 0.717) is 37.9 Å². The normalized spacial score (nSPS) is 15.0. The van der Waals surface area contributed by atoms with Crippen LogP contribution in [0.3, 0.4) is 0 Å². The van der Waals surface area contributed by atoms with Crippen molar-refractivity contribution in [1.82, 2.24) is 20.0 Å². The lowest BCUT2D eigenvalue weighted by molar-refractivity contribution is -0.134. The second-order valence-electron chi connectivity index (χ2n) is 7.55. The van der Waals surface area contributed by atoms with E-state index in [1.165, 1.54) is 23.2 Å². The first-order chi connectivity index (χ1) is 15.3. The van der Waals surface area contributed by atoms with Crippen molar-refractivity contribution in [2.24, 2.45) is 0 Å². The number of carbonyl (C=O) groups excluding carboxylic acids is 2. The Morgan fingerprint density at radius 1 is 1.09 bits per heavy atom. The van der Waals surface area contributed by atoms with Gasteiger partial charge in [0.25, 0.3) is 0 Å². The number of benzene rings is 1. The number of carbonyl (C=O) groups is 2. The summed E-state index contributed by atoms with van der Waals surface area (Å²) in [7, 11) is -2.99. The SMILES string of the molecule is CS(=O)(=O)CCN1CCN(C(=O)CCC(=O)Nc2nnc(SCc3ccccc3)s2)CC1. The Bertz CT molecular complexity index is 1010. The van der Waals surface area contributed by atoms with E-state index in [4.69, 9.17) is 0 Å². The van der Waals surface area contributed by atoms with Gasteiger partial charge in [-0.2, -0.15) is 0 Å². The second-order valence-corrected chi connectivity index (χ2v) is 12.0. The van der Waals surface area contributed by atoms with Crippen molar-refractivity contribution < 1.29 is 18.0 Å². The fourth-order valence-electron chi connectivity index (χ4n) is 3.11. The molecule has 1 saturated heterocycles. The predicted octanol–water partition coefficient (Wildman–Crippen LogP) is 1.74. The van der Waals surface area contributed by atoms with E-state index in [9.17, 15) is 18.0 Å². The van der Waals surface area contributed by atoms with Crippen LogP contribution in [-0.2, 0) is 25.2 Å². The molecule has 1 fully saturated rings. The summed E-state index contributed by atoms with van der Waals surface area (Å²) in [5.74, 6) is 0.568. The van der Waals surface area contributed by atoms with E-state index in [2.05, 4.69) is 15.5 Å². The lowest BCUT2D eigenvalue weighted by atomic mass is 10.2. The van der Waals surface area contributed by atoms with Crippen LogP contribution < -0.4 is 5.32 Å². The highest BCUT2D eigenvalue weighted by atomic mass is 32.2. The van der Waals surface area contributed by atoms with Crippen LogP contribution in [0.5, 0.6) is 0 Å². The molecule has 0 aliphatic carbocycles. The topological polar surface area (TPSA) is 113 Å². The lowest BCUT2D eigenvalue weighted by Gasteiger charge is -2.34. The van der Waals surface area contributed by atoms with Gasteiger partial charge in [-0.15, -0.1) is 10.2 Å². The van der Waals surface area contributed by atoms with Gasteiger partial charge in [-0.25, -0.2) is 8.42 Å². The number of thioether (sulfide) groups is 1. The molecule has 1 aliphatic heterocycles. The molecule has 1 aromatic heterocycles. The first-order valence-electron chi connectivity index (χ1n) is 10.3. The van der Waals surface area contributed by atoms with Crippen LogP contribution in [-0.4, -0.2) is 85.0 Å². The van der Waals surface area contributed by atoms with Gasteiger partial charge in [0.1, 0.15) is 9.84 Å². The maximum atomic E-state index is 12.4. The Morgan fingerprint density at radius 3 is 2.50 bits per heavy atom. The fraction of sp³-hybridized carbons (Fsp3) is 0.500. The standard InChI is InChI=1S/C20H27N5O4S3/c1-32(28,29)14-13-24-9-11-25(12-10-24)18(27)8-7-17(26)21-19-22-23-20(31-19)30-15-16-5-3-2-4-6-16/h2-6H,7-15H2,1H3,(H,21,22,26). The summed E-state index contributed by atoms with van der Waals surface area (Å²) in [6.45, 7) is 2.85. The van der Waals surface area contributed by atoms with E-state index in [1.807, 2.05) is 35.2 Å². The number of hydrogen-bond acceptors (Lipinski definition) is 9. The molecule has 3 rings (SSSR count). The van der Waals surface area contributed by atoms with E-state index < -0.39 is 9.84 Å². The molecule has 0 spiro atoms. The zero-order valence-electron chi connectivity index (χ0n) is 17.9. The van der Waals surface area contributed by atoms with Crippen molar-refractivity contribution in [2.45, 2.75) is 22.9 Å². The molecule has 174 valence electrons. The molecule has 9 nitrogen and oxygen atoms in total. The van der Waals surface area contributed by atoms with Gasteiger partial charge >= 0.3 is 0 Å². The van der Waals surface area contributed by atoms with Crippen molar-refractivity contribution in [2.75, 3.05) is 50.0 Å². The molecule has 0 bridgehead atoms. The van der Waals surface area contributed by atoms with Gasteiger partial charge < -0.3 is 10.2 Å². The molecule has 2 heterocycles. The summed E-state index contributed by atoms with van der Waals surface area (Å²) in [6.07, 6.45) is 1.44. The minimum absolute atomic E-state index is 0.0701. The number of amides is 2. The monoisotopic (exact) mass is 497 g/mol. The fourth-order valence-corrected chi connectivity index (χ4v) is 5.43. The smallest absolute Gasteiger partial charge is 0.226 e. The number of rotatable bonds is 10. The second kappa shape index (κ2) is 11.7. The van der Waals surface area contributed by atoms with Crippen molar-refractivity contribution in [3.8, 4) is 0 Å². The Kier molecular flexibility index (Phi) is 9.02. The van der Waals surface area contributed by atoms with Crippen LogP contribution in [0.15, 0.2) is 34.7 Å². The number of anilines is 1. The third-order valence-corrected chi connectivity index (χ3v) is 7.89. The quantitative estimate of drug-likeness (QED) is 0.390. The van der Waals surface area contributed by atoms with Crippen molar-refractivity contribution in [3.63, 3.8) is 0 Å². The first kappa shape index (κ1) is 24.6. The van der Waals surface area contributed by atoms with Crippen molar-refractivity contribution >= 4 is 49.9 Å². The Morgan fingerprint density at radius 2 is 1.81 bits per heavy atom. The molecule has 12 heteroatoms. The number of aromatic nitrogens is 2. The molecule has 0 unspecified atom stereocenters. The molecule has 2 aromatic rings. The minimum atomic E-state index is -2.99. The molecular formula is C20H27N5O4S3. The van der Waals surface area contributed by atoms with Gasteiger partial charge in [0.2, 0.25) is 16.9 Å². The molecule has 2 amide bonds. The molecule has 1 aromatic carbocycles. The zero-order chi connectivity index (χ0) is 23.0. The van der Waals surface area contributed by atoms with Gasteiger partial charge in [0, 0.05) is 57.6 Å². The summed E-state index contributed by atoms with van der Waals surface area (Å²) in [5.41, 5.74) is 1.19. The summed E-state index contributed by atoms with van der Waals surface area (Å²) >= 11 is 2.87. The van der Waals surface area contributed by atoms with Gasteiger partial charge in [-0.05, 0) is 5.56 Å². The van der Waals surface area contributed by atoms with Gasteiger partial charge in [0.05, 0.1) is 5.75 Å².